The Balaban J connectivity index is 1.26. The Morgan fingerprint density at radius 1 is 1.03 bits per heavy atom. The summed E-state index contributed by atoms with van der Waals surface area (Å²) in [6.07, 6.45) is 1.40. The Bertz CT molecular complexity index is 1210. The van der Waals surface area contributed by atoms with Crippen LogP contribution >= 0.6 is 11.3 Å². The van der Waals surface area contributed by atoms with Crippen LogP contribution in [0.3, 0.4) is 0 Å². The predicted molar refractivity (Wildman–Crippen MR) is 127 cm³/mol. The summed E-state index contributed by atoms with van der Waals surface area (Å²) >= 11 is 1.60. The zero-order chi connectivity index (χ0) is 22.8. The maximum Gasteiger partial charge on any atom is 0.274 e. The van der Waals surface area contributed by atoms with Gasteiger partial charge in [-0.1, -0.05) is 24.3 Å². The Morgan fingerprint density at radius 2 is 1.88 bits per heavy atom. The second-order valence-electron chi connectivity index (χ2n) is 8.59. The largest absolute Gasteiger partial charge is 0.484 e. The van der Waals surface area contributed by atoms with Crippen molar-refractivity contribution < 1.29 is 14.3 Å². The number of anilines is 1. The molecule has 1 aromatic carbocycles. The van der Waals surface area contributed by atoms with E-state index in [1.54, 1.807) is 34.1 Å². The van der Waals surface area contributed by atoms with Gasteiger partial charge in [-0.3, -0.25) is 14.4 Å². The number of rotatable bonds is 6. The third kappa shape index (κ3) is 4.71. The number of likely N-dealkylation sites (tertiary alicyclic amines) is 1. The number of hydrogen-bond acceptors (Lipinski definition) is 5. The molecule has 0 aliphatic carbocycles. The van der Waals surface area contributed by atoms with Crippen LogP contribution in [0, 0.1) is 5.92 Å². The topological polar surface area (TPSA) is 80.6 Å². The fourth-order valence-corrected chi connectivity index (χ4v) is 5.47. The monoisotopic (exact) mass is 463 g/mol. The zero-order valence-electron chi connectivity index (χ0n) is 18.1. The highest BCUT2D eigenvalue weighted by atomic mass is 32.1. The van der Waals surface area contributed by atoms with Crippen LogP contribution in [0.1, 0.15) is 22.9 Å². The second-order valence-corrected chi connectivity index (χ2v) is 9.62. The van der Waals surface area contributed by atoms with Gasteiger partial charge in [0.15, 0.2) is 6.61 Å². The van der Waals surface area contributed by atoms with Crippen LogP contribution in [0.15, 0.2) is 64.8 Å². The predicted octanol–water partition coefficient (Wildman–Crippen LogP) is 3.12. The smallest absolute Gasteiger partial charge is 0.274 e. The van der Waals surface area contributed by atoms with E-state index in [1.807, 2.05) is 46.7 Å². The number of amides is 2. The van der Waals surface area contributed by atoms with Gasteiger partial charge in [0.25, 0.3) is 11.5 Å². The molecule has 1 N–H and O–H groups in total. The summed E-state index contributed by atoms with van der Waals surface area (Å²) in [7, 11) is 0. The molecule has 2 aliphatic rings. The molecule has 7 nitrogen and oxygen atoms in total. The van der Waals surface area contributed by atoms with Crippen molar-refractivity contribution in [2.24, 2.45) is 5.92 Å². The van der Waals surface area contributed by atoms with Crippen LogP contribution in [0.5, 0.6) is 5.75 Å². The van der Waals surface area contributed by atoms with Crippen LogP contribution in [-0.4, -0.2) is 41.0 Å². The second kappa shape index (κ2) is 9.23. The van der Waals surface area contributed by atoms with E-state index in [4.69, 9.17) is 4.74 Å². The highest BCUT2D eigenvalue weighted by Gasteiger charge is 2.36. The summed E-state index contributed by atoms with van der Waals surface area (Å²) in [4.78, 5) is 41.3. The maximum absolute atomic E-state index is 13.1. The number of nitrogens with one attached hydrogen (secondary N) is 1. The Kier molecular flexibility index (Phi) is 6.00. The van der Waals surface area contributed by atoms with E-state index in [1.165, 1.54) is 0 Å². The Labute approximate surface area is 195 Å². The molecule has 0 spiro atoms. The van der Waals surface area contributed by atoms with Crippen molar-refractivity contribution in [3.63, 3.8) is 0 Å². The molecule has 2 aliphatic heterocycles. The molecule has 8 heteroatoms. The Hall–Kier alpha value is -3.39. The van der Waals surface area contributed by atoms with Crippen molar-refractivity contribution in [1.29, 1.82) is 0 Å². The molecule has 2 amide bonds. The van der Waals surface area contributed by atoms with Gasteiger partial charge in [0.05, 0.1) is 6.42 Å². The minimum absolute atomic E-state index is 0.128. The van der Waals surface area contributed by atoms with E-state index in [9.17, 15) is 14.4 Å². The van der Waals surface area contributed by atoms with Gasteiger partial charge < -0.3 is 19.5 Å². The van der Waals surface area contributed by atoms with Gasteiger partial charge in [-0.2, -0.15) is 0 Å². The molecule has 2 aromatic heterocycles. The van der Waals surface area contributed by atoms with Crippen LogP contribution in [-0.2, 0) is 22.6 Å². The quantitative estimate of drug-likeness (QED) is 0.609. The normalized spacial score (nSPS) is 19.0. The lowest BCUT2D eigenvalue weighted by molar-refractivity contribution is -0.133. The first-order chi connectivity index (χ1) is 16.1. The van der Waals surface area contributed by atoms with E-state index in [0.717, 1.165) is 17.0 Å². The van der Waals surface area contributed by atoms with Gasteiger partial charge in [-0.05, 0) is 48.1 Å². The number of benzene rings is 1. The minimum atomic E-state index is -0.377. The van der Waals surface area contributed by atoms with Crippen molar-refractivity contribution in [3.8, 4) is 5.75 Å². The Morgan fingerprint density at radius 3 is 2.67 bits per heavy atom. The molecule has 33 heavy (non-hydrogen) atoms. The summed E-state index contributed by atoms with van der Waals surface area (Å²) in [5, 5.41) is 4.67. The van der Waals surface area contributed by atoms with Crippen molar-refractivity contribution >= 4 is 28.8 Å². The molecule has 3 aromatic rings. The number of ether oxygens (including phenoxy) is 1. The molecule has 0 unspecified atom stereocenters. The average Bonchev–Trinajstić information content (AvgIpc) is 3.33. The zero-order valence-corrected chi connectivity index (χ0v) is 18.9. The SMILES string of the molecule is O=C(COc1ccccc1)Nc1ccc2n(c1=O)C[C@H]1C[C@@H]2CN(C(=O)Cc2cccs2)C1. The molecule has 4 heterocycles. The number of fused-ring (bicyclic) bond motifs is 4. The summed E-state index contributed by atoms with van der Waals surface area (Å²) in [5.41, 5.74) is 0.989. The van der Waals surface area contributed by atoms with Gasteiger partial charge in [0.1, 0.15) is 11.4 Å². The van der Waals surface area contributed by atoms with Crippen LogP contribution in [0.4, 0.5) is 5.69 Å². The summed E-state index contributed by atoms with van der Waals surface area (Å²) in [6.45, 7) is 1.67. The minimum Gasteiger partial charge on any atom is -0.484 e. The van der Waals surface area contributed by atoms with Crippen molar-refractivity contribution in [2.75, 3.05) is 25.0 Å². The number of thiophene rings is 1. The molecular formula is C25H25N3O4S. The molecule has 2 atom stereocenters. The lowest BCUT2D eigenvalue weighted by atomic mass is 9.83. The molecular weight excluding hydrogens is 438 g/mol. The fourth-order valence-electron chi connectivity index (χ4n) is 4.77. The number of para-hydroxylation sites is 1. The number of hydrogen-bond donors (Lipinski definition) is 1. The number of nitrogens with zero attached hydrogens (tertiary/aromatic N) is 2. The first-order valence-corrected chi connectivity index (χ1v) is 12.0. The maximum atomic E-state index is 13.1. The van der Waals surface area contributed by atoms with Crippen LogP contribution < -0.4 is 15.6 Å². The highest BCUT2D eigenvalue weighted by molar-refractivity contribution is 7.10. The molecule has 170 valence electrons. The van der Waals surface area contributed by atoms with E-state index in [0.29, 0.717) is 31.8 Å². The average molecular weight is 464 g/mol. The van der Waals surface area contributed by atoms with Crippen molar-refractivity contribution in [1.82, 2.24) is 9.47 Å². The van der Waals surface area contributed by atoms with Crippen molar-refractivity contribution in [2.45, 2.75) is 25.3 Å². The molecule has 0 saturated carbocycles. The lowest BCUT2D eigenvalue weighted by Crippen LogP contribution is -2.49. The first-order valence-electron chi connectivity index (χ1n) is 11.1. The van der Waals surface area contributed by atoms with Gasteiger partial charge >= 0.3 is 0 Å². The van der Waals surface area contributed by atoms with Crippen LogP contribution in [0.25, 0.3) is 0 Å². The van der Waals surface area contributed by atoms with Crippen molar-refractivity contribution in [3.05, 3.63) is 80.9 Å². The highest BCUT2D eigenvalue weighted by Crippen LogP contribution is 2.35. The van der Waals surface area contributed by atoms with E-state index in [-0.39, 0.29) is 41.5 Å². The van der Waals surface area contributed by atoms with E-state index >= 15 is 0 Å². The molecule has 5 rings (SSSR count). The van der Waals surface area contributed by atoms with Gasteiger partial charge in [0, 0.05) is 36.1 Å². The number of piperidine rings is 1. The van der Waals surface area contributed by atoms with Gasteiger partial charge in [-0.15, -0.1) is 11.3 Å². The fraction of sp³-hybridized carbons (Fsp3) is 0.320. The third-order valence-corrected chi connectivity index (χ3v) is 7.13. The number of carbonyl (C=O) groups is 2. The standard InChI is InChI=1S/C25H25N3O4S/c29-23(16-32-19-5-2-1-3-6-19)26-21-8-9-22-18-11-17(14-28(22)25(21)31)13-27(15-18)24(30)12-20-7-4-10-33-20/h1-10,17-18H,11-16H2,(H,26,29)/t17-,18+/m0/s1. The van der Waals surface area contributed by atoms with Crippen LogP contribution in [0.2, 0.25) is 0 Å². The summed E-state index contributed by atoms with van der Waals surface area (Å²) in [5.74, 6) is 0.723. The third-order valence-electron chi connectivity index (χ3n) is 6.25. The lowest BCUT2D eigenvalue weighted by Gasteiger charge is -2.43. The first kappa shape index (κ1) is 21.5. The van der Waals surface area contributed by atoms with Gasteiger partial charge in [0.2, 0.25) is 5.91 Å². The number of pyridine rings is 1. The van der Waals surface area contributed by atoms with E-state index in [2.05, 4.69) is 5.32 Å². The number of aromatic nitrogens is 1. The van der Waals surface area contributed by atoms with Gasteiger partial charge in [-0.25, -0.2) is 0 Å². The summed E-state index contributed by atoms with van der Waals surface area (Å²) < 4.78 is 7.24. The summed E-state index contributed by atoms with van der Waals surface area (Å²) in [6, 6.07) is 16.6. The van der Waals surface area contributed by atoms with E-state index < -0.39 is 0 Å². The number of carbonyl (C=O) groups excluding carboxylic acids is 2. The molecule has 1 fully saturated rings. The molecule has 1 saturated heterocycles. The molecule has 0 radical (unpaired) electrons. The molecule has 2 bridgehead atoms.